The Labute approximate surface area is 171 Å². The average molecular weight is 413 g/mol. The van der Waals surface area contributed by atoms with Gasteiger partial charge in [0.1, 0.15) is 11.9 Å². The second-order valence-electron chi connectivity index (χ2n) is 7.37. The van der Waals surface area contributed by atoms with E-state index < -0.39 is 29.2 Å². The SMILES string of the molecule is CC(C)(C)NC(=O)[C@@H](c1ccncc1)N(C(=O)c1csnn1)c1cccc(F)c1. The summed E-state index contributed by atoms with van der Waals surface area (Å²) in [4.78, 5) is 31.8. The summed E-state index contributed by atoms with van der Waals surface area (Å²) in [6, 6.07) is 7.75. The Morgan fingerprint density at radius 1 is 1.17 bits per heavy atom. The van der Waals surface area contributed by atoms with Gasteiger partial charge in [-0.2, -0.15) is 0 Å². The number of anilines is 1. The van der Waals surface area contributed by atoms with Gasteiger partial charge in [0, 0.05) is 29.0 Å². The third-order valence-electron chi connectivity index (χ3n) is 3.91. The van der Waals surface area contributed by atoms with Crippen LogP contribution in [0.15, 0.2) is 54.2 Å². The molecule has 0 fully saturated rings. The molecule has 0 saturated carbocycles. The van der Waals surface area contributed by atoms with Gasteiger partial charge < -0.3 is 5.32 Å². The lowest BCUT2D eigenvalue weighted by molar-refractivity contribution is -0.123. The Hall–Kier alpha value is -3.20. The first-order chi connectivity index (χ1) is 13.8. The molecule has 9 heteroatoms. The first kappa shape index (κ1) is 20.5. The van der Waals surface area contributed by atoms with Crippen molar-refractivity contribution in [2.75, 3.05) is 4.90 Å². The van der Waals surface area contributed by atoms with Crippen molar-refractivity contribution in [1.29, 1.82) is 0 Å². The summed E-state index contributed by atoms with van der Waals surface area (Å²) in [5.74, 6) is -1.50. The maximum absolute atomic E-state index is 14.0. The number of benzene rings is 1. The number of amides is 2. The minimum Gasteiger partial charge on any atom is -0.349 e. The van der Waals surface area contributed by atoms with Gasteiger partial charge >= 0.3 is 0 Å². The molecule has 1 N–H and O–H groups in total. The summed E-state index contributed by atoms with van der Waals surface area (Å²) < 4.78 is 17.7. The number of hydrogen-bond donors (Lipinski definition) is 1. The molecular weight excluding hydrogens is 393 g/mol. The van der Waals surface area contributed by atoms with Gasteiger partial charge in [-0.25, -0.2) is 4.39 Å². The van der Waals surface area contributed by atoms with Crippen molar-refractivity contribution >= 4 is 29.0 Å². The fourth-order valence-corrected chi connectivity index (χ4v) is 3.22. The Balaban J connectivity index is 2.16. The number of nitrogens with one attached hydrogen (secondary N) is 1. The fraction of sp³-hybridized carbons (Fsp3) is 0.250. The Morgan fingerprint density at radius 2 is 1.90 bits per heavy atom. The number of carbonyl (C=O) groups is 2. The minimum atomic E-state index is -1.06. The molecule has 7 nitrogen and oxygen atoms in total. The third kappa shape index (κ3) is 5.00. The zero-order chi connectivity index (χ0) is 21.0. The van der Waals surface area contributed by atoms with Crippen LogP contribution in [0.2, 0.25) is 0 Å². The van der Waals surface area contributed by atoms with E-state index in [1.165, 1.54) is 40.9 Å². The summed E-state index contributed by atoms with van der Waals surface area (Å²) in [5.41, 5.74) is 0.291. The highest BCUT2D eigenvalue weighted by Crippen LogP contribution is 2.30. The van der Waals surface area contributed by atoms with E-state index in [0.717, 1.165) is 11.5 Å². The highest BCUT2D eigenvalue weighted by Gasteiger charge is 2.35. The summed E-state index contributed by atoms with van der Waals surface area (Å²) in [7, 11) is 0. The monoisotopic (exact) mass is 413 g/mol. The van der Waals surface area contributed by atoms with Crippen LogP contribution in [-0.4, -0.2) is 31.9 Å². The highest BCUT2D eigenvalue weighted by molar-refractivity contribution is 7.03. The van der Waals surface area contributed by atoms with Gasteiger partial charge in [0.2, 0.25) is 5.91 Å². The van der Waals surface area contributed by atoms with Crippen LogP contribution in [0.4, 0.5) is 10.1 Å². The lowest BCUT2D eigenvalue weighted by Gasteiger charge is -2.33. The first-order valence-corrected chi connectivity index (χ1v) is 9.68. The maximum Gasteiger partial charge on any atom is 0.280 e. The van der Waals surface area contributed by atoms with Crippen molar-refractivity contribution in [3.05, 3.63) is 71.2 Å². The van der Waals surface area contributed by atoms with Crippen molar-refractivity contribution in [3.8, 4) is 0 Å². The van der Waals surface area contributed by atoms with Gasteiger partial charge in [-0.1, -0.05) is 10.6 Å². The van der Waals surface area contributed by atoms with E-state index in [0.29, 0.717) is 5.56 Å². The number of nitrogens with zero attached hydrogens (tertiary/aromatic N) is 4. The molecule has 2 amide bonds. The zero-order valence-electron chi connectivity index (χ0n) is 16.2. The summed E-state index contributed by atoms with van der Waals surface area (Å²) >= 11 is 1.02. The van der Waals surface area contributed by atoms with Gasteiger partial charge in [0.05, 0.1) is 0 Å². The molecule has 1 atom stereocenters. The van der Waals surface area contributed by atoms with Crippen LogP contribution < -0.4 is 10.2 Å². The number of pyridine rings is 1. The van der Waals surface area contributed by atoms with Crippen LogP contribution in [0.25, 0.3) is 0 Å². The molecule has 2 heterocycles. The number of aromatic nitrogens is 3. The zero-order valence-corrected chi connectivity index (χ0v) is 17.0. The average Bonchev–Trinajstić information content (AvgIpc) is 3.19. The van der Waals surface area contributed by atoms with E-state index in [1.807, 2.05) is 20.8 Å². The van der Waals surface area contributed by atoms with Gasteiger partial charge in [-0.3, -0.25) is 19.5 Å². The Bertz CT molecular complexity index is 990. The van der Waals surface area contributed by atoms with Crippen molar-refractivity contribution in [2.24, 2.45) is 0 Å². The highest BCUT2D eigenvalue weighted by atomic mass is 32.1. The molecule has 3 aromatic rings. The number of halogens is 1. The van der Waals surface area contributed by atoms with Gasteiger partial charge in [-0.15, -0.1) is 5.10 Å². The van der Waals surface area contributed by atoms with Crippen LogP contribution in [0.3, 0.4) is 0 Å². The molecule has 0 bridgehead atoms. The van der Waals surface area contributed by atoms with Crippen molar-refractivity contribution < 1.29 is 14.0 Å². The normalized spacial score (nSPS) is 12.3. The van der Waals surface area contributed by atoms with Gasteiger partial charge in [0.15, 0.2) is 5.69 Å². The molecule has 0 radical (unpaired) electrons. The molecule has 0 unspecified atom stereocenters. The van der Waals surface area contributed by atoms with E-state index >= 15 is 0 Å². The van der Waals surface area contributed by atoms with E-state index in [1.54, 1.807) is 18.2 Å². The number of hydrogen-bond acceptors (Lipinski definition) is 6. The topological polar surface area (TPSA) is 88.1 Å². The van der Waals surface area contributed by atoms with Crippen LogP contribution in [0.1, 0.15) is 42.9 Å². The predicted octanol–water partition coefficient (Wildman–Crippen LogP) is 3.38. The molecule has 3 rings (SSSR count). The Morgan fingerprint density at radius 3 is 2.48 bits per heavy atom. The van der Waals surface area contributed by atoms with Crippen LogP contribution in [-0.2, 0) is 4.79 Å². The van der Waals surface area contributed by atoms with Crippen molar-refractivity contribution in [3.63, 3.8) is 0 Å². The lowest BCUT2D eigenvalue weighted by Crippen LogP contribution is -2.49. The van der Waals surface area contributed by atoms with Crippen molar-refractivity contribution in [2.45, 2.75) is 32.4 Å². The first-order valence-electron chi connectivity index (χ1n) is 8.84. The predicted molar refractivity (Wildman–Crippen MR) is 108 cm³/mol. The molecule has 1 aromatic carbocycles. The quantitative estimate of drug-likeness (QED) is 0.693. The largest absolute Gasteiger partial charge is 0.349 e. The fourth-order valence-electron chi connectivity index (χ4n) is 2.79. The maximum atomic E-state index is 14.0. The molecule has 150 valence electrons. The number of carbonyl (C=O) groups excluding carboxylic acids is 2. The molecule has 0 aliphatic heterocycles. The standard InChI is InChI=1S/C20H20FN5O2S/c1-20(2,3)23-18(27)17(13-7-9-22-10-8-13)26(15-6-4-5-14(21)11-15)19(28)16-12-29-25-24-16/h4-12,17H,1-3H3,(H,23,27)/t17-/m1/s1. The minimum absolute atomic E-state index is 0.0712. The van der Waals surface area contributed by atoms with Gasteiger partial charge in [-0.05, 0) is 68.2 Å². The van der Waals surface area contributed by atoms with Crippen LogP contribution in [0, 0.1) is 5.82 Å². The molecule has 0 saturated heterocycles. The molecule has 0 spiro atoms. The van der Waals surface area contributed by atoms with E-state index in [9.17, 15) is 14.0 Å². The third-order valence-corrected chi connectivity index (χ3v) is 4.42. The lowest BCUT2D eigenvalue weighted by atomic mass is 10.0. The summed E-state index contributed by atoms with van der Waals surface area (Å²) in [6.45, 7) is 5.52. The molecule has 0 aliphatic rings. The summed E-state index contributed by atoms with van der Waals surface area (Å²) in [5, 5.41) is 8.22. The van der Waals surface area contributed by atoms with Crippen LogP contribution >= 0.6 is 11.5 Å². The van der Waals surface area contributed by atoms with E-state index in [-0.39, 0.29) is 11.4 Å². The number of rotatable bonds is 5. The van der Waals surface area contributed by atoms with E-state index in [2.05, 4.69) is 19.9 Å². The Kier molecular flexibility index (Phi) is 5.97. The molecule has 2 aromatic heterocycles. The van der Waals surface area contributed by atoms with Crippen molar-refractivity contribution in [1.82, 2.24) is 19.9 Å². The smallest absolute Gasteiger partial charge is 0.280 e. The molecule has 0 aliphatic carbocycles. The summed E-state index contributed by atoms with van der Waals surface area (Å²) in [6.07, 6.45) is 3.07. The van der Waals surface area contributed by atoms with Crippen LogP contribution in [0.5, 0.6) is 0 Å². The molecule has 29 heavy (non-hydrogen) atoms. The van der Waals surface area contributed by atoms with E-state index in [4.69, 9.17) is 0 Å². The second-order valence-corrected chi connectivity index (χ2v) is 7.98. The second kappa shape index (κ2) is 8.44. The van der Waals surface area contributed by atoms with Gasteiger partial charge in [0.25, 0.3) is 5.91 Å². The molecular formula is C20H20FN5O2S.